The number of fused-ring (bicyclic) bond motifs is 1. The zero-order chi connectivity index (χ0) is 20.1. The number of aromatic nitrogens is 3. The van der Waals surface area contributed by atoms with Gasteiger partial charge in [-0.3, -0.25) is 9.78 Å². The maximum atomic E-state index is 12.7. The number of carbonyl (C=O) groups excluding carboxylic acids is 1. The molecule has 0 N–H and O–H groups in total. The fourth-order valence-corrected chi connectivity index (χ4v) is 3.31. The van der Waals surface area contributed by atoms with Crippen molar-refractivity contribution < 1.29 is 4.79 Å². The Kier molecular flexibility index (Phi) is 5.47. The highest BCUT2D eigenvalue weighted by molar-refractivity contribution is 5.93. The Labute approximate surface area is 170 Å². The van der Waals surface area contributed by atoms with Crippen LogP contribution in [-0.4, -0.2) is 32.4 Å². The predicted molar refractivity (Wildman–Crippen MR) is 115 cm³/mol. The summed E-state index contributed by atoms with van der Waals surface area (Å²) in [6, 6.07) is 21.7. The minimum atomic E-state index is -0.0502. The average Bonchev–Trinajstić information content (AvgIpc) is 3.11. The van der Waals surface area contributed by atoms with Gasteiger partial charge in [0.15, 0.2) is 0 Å². The fourth-order valence-electron chi connectivity index (χ4n) is 3.31. The van der Waals surface area contributed by atoms with Gasteiger partial charge < -0.3 is 9.47 Å². The molecule has 0 radical (unpaired) electrons. The van der Waals surface area contributed by atoms with E-state index in [1.165, 1.54) is 0 Å². The molecule has 0 saturated heterocycles. The first kappa shape index (κ1) is 18.6. The van der Waals surface area contributed by atoms with E-state index in [0.717, 1.165) is 22.4 Å². The fraction of sp³-hybridized carbons (Fsp3) is 0.125. The number of allylic oxidation sites excluding steroid dienone is 1. The number of imidazole rings is 1. The molecule has 0 saturated carbocycles. The van der Waals surface area contributed by atoms with E-state index in [2.05, 4.69) is 39.9 Å². The van der Waals surface area contributed by atoms with Crippen molar-refractivity contribution >= 4 is 23.0 Å². The van der Waals surface area contributed by atoms with Crippen molar-refractivity contribution in [2.75, 3.05) is 7.05 Å². The van der Waals surface area contributed by atoms with Gasteiger partial charge in [-0.2, -0.15) is 0 Å². The molecule has 144 valence electrons. The van der Waals surface area contributed by atoms with Gasteiger partial charge in [-0.05, 0) is 29.8 Å². The summed E-state index contributed by atoms with van der Waals surface area (Å²) in [5.41, 5.74) is 3.77. The van der Waals surface area contributed by atoms with Gasteiger partial charge in [-0.1, -0.05) is 54.6 Å². The van der Waals surface area contributed by atoms with Crippen LogP contribution in [0.2, 0.25) is 0 Å². The van der Waals surface area contributed by atoms with Crippen LogP contribution < -0.4 is 0 Å². The second-order valence-electron chi connectivity index (χ2n) is 6.84. The molecule has 2 aromatic heterocycles. The van der Waals surface area contributed by atoms with Crippen LogP contribution in [0.3, 0.4) is 0 Å². The van der Waals surface area contributed by atoms with Crippen molar-refractivity contribution in [3.05, 3.63) is 102 Å². The number of carbonyl (C=O) groups is 1. The molecule has 5 nitrogen and oxygen atoms in total. The van der Waals surface area contributed by atoms with Crippen molar-refractivity contribution in [1.82, 2.24) is 19.4 Å². The van der Waals surface area contributed by atoms with Crippen molar-refractivity contribution in [1.29, 1.82) is 0 Å². The van der Waals surface area contributed by atoms with Gasteiger partial charge in [0.2, 0.25) is 0 Å². The Bertz CT molecular complexity index is 1130. The maximum Gasteiger partial charge on any atom is 0.254 e. The van der Waals surface area contributed by atoms with Crippen LogP contribution in [-0.2, 0) is 13.1 Å². The summed E-state index contributed by atoms with van der Waals surface area (Å²) in [5.74, 6) is 0.805. The first-order chi connectivity index (χ1) is 14.2. The van der Waals surface area contributed by atoms with Gasteiger partial charge in [0, 0.05) is 31.5 Å². The Balaban J connectivity index is 1.59. The Hall–Kier alpha value is -3.73. The molecule has 2 heterocycles. The van der Waals surface area contributed by atoms with Crippen LogP contribution in [0.4, 0.5) is 0 Å². The zero-order valence-electron chi connectivity index (χ0n) is 16.3. The summed E-state index contributed by atoms with van der Waals surface area (Å²) in [7, 11) is 1.80. The Morgan fingerprint density at radius 2 is 1.72 bits per heavy atom. The van der Waals surface area contributed by atoms with Gasteiger partial charge in [0.25, 0.3) is 5.91 Å². The lowest BCUT2D eigenvalue weighted by molar-refractivity contribution is 0.0780. The molecule has 0 bridgehead atoms. The van der Waals surface area contributed by atoms with Crippen molar-refractivity contribution in [2.24, 2.45) is 0 Å². The molecule has 0 spiro atoms. The number of pyridine rings is 1. The summed E-state index contributed by atoms with van der Waals surface area (Å²) in [5, 5.41) is 0. The minimum absolute atomic E-state index is 0.0502. The predicted octanol–water partition coefficient (Wildman–Crippen LogP) is 4.42. The van der Waals surface area contributed by atoms with E-state index in [-0.39, 0.29) is 5.91 Å². The zero-order valence-corrected chi connectivity index (χ0v) is 16.3. The van der Waals surface area contributed by atoms with E-state index in [1.807, 2.05) is 36.4 Å². The van der Waals surface area contributed by atoms with Crippen molar-refractivity contribution in [3.63, 3.8) is 0 Å². The summed E-state index contributed by atoms with van der Waals surface area (Å²) >= 11 is 0. The molecule has 5 heteroatoms. The van der Waals surface area contributed by atoms with Crippen molar-refractivity contribution in [3.8, 4) is 0 Å². The summed E-state index contributed by atoms with van der Waals surface area (Å²) in [6.45, 7) is 1.11. The molecule has 4 rings (SSSR count). The third-order valence-electron chi connectivity index (χ3n) is 4.78. The first-order valence-electron chi connectivity index (χ1n) is 9.53. The van der Waals surface area contributed by atoms with Crippen LogP contribution in [0.1, 0.15) is 21.7 Å². The second-order valence-corrected chi connectivity index (χ2v) is 6.84. The van der Waals surface area contributed by atoms with E-state index >= 15 is 0 Å². The van der Waals surface area contributed by atoms with Crippen molar-refractivity contribution in [2.45, 2.75) is 13.1 Å². The van der Waals surface area contributed by atoms with Crippen LogP contribution in [0.15, 0.2) is 85.2 Å². The summed E-state index contributed by atoms with van der Waals surface area (Å²) in [4.78, 5) is 23.2. The molecule has 0 unspecified atom stereocenters. The smallest absolute Gasteiger partial charge is 0.254 e. The summed E-state index contributed by atoms with van der Waals surface area (Å²) < 4.78 is 2.16. The highest BCUT2D eigenvalue weighted by atomic mass is 16.2. The minimum Gasteiger partial charge on any atom is -0.334 e. The quantitative estimate of drug-likeness (QED) is 0.496. The highest BCUT2D eigenvalue weighted by Crippen LogP contribution is 2.18. The molecule has 0 aliphatic heterocycles. The molecule has 4 aromatic rings. The molecular formula is C24H22N4O. The number of hydrogen-bond donors (Lipinski definition) is 0. The molecule has 0 aliphatic rings. The molecular weight excluding hydrogens is 360 g/mol. The third kappa shape index (κ3) is 4.24. The van der Waals surface area contributed by atoms with E-state index in [4.69, 9.17) is 4.98 Å². The molecule has 1 amide bonds. The summed E-state index contributed by atoms with van der Waals surface area (Å²) in [6.07, 6.45) is 7.48. The van der Waals surface area contributed by atoms with E-state index < -0.39 is 0 Å². The lowest BCUT2D eigenvalue weighted by Gasteiger charge is -2.17. The maximum absolute atomic E-state index is 12.7. The van der Waals surface area contributed by atoms with E-state index in [1.54, 1.807) is 36.5 Å². The third-order valence-corrected chi connectivity index (χ3v) is 4.78. The van der Waals surface area contributed by atoms with E-state index in [9.17, 15) is 4.79 Å². The lowest BCUT2D eigenvalue weighted by atomic mass is 10.2. The van der Waals surface area contributed by atoms with Gasteiger partial charge in [-0.25, -0.2) is 4.98 Å². The number of benzene rings is 2. The van der Waals surface area contributed by atoms with Crippen LogP contribution >= 0.6 is 0 Å². The number of amides is 1. The van der Waals surface area contributed by atoms with Gasteiger partial charge in [-0.15, -0.1) is 0 Å². The SMILES string of the molecule is CN(Cc1nc2ccccc2n1C/C=C/c1ccccc1)C(=O)c1ccncc1. The standard InChI is InChI=1S/C24H22N4O/c1-27(24(29)20-13-15-25-16-14-20)18-23-26-21-11-5-6-12-22(21)28(23)17-7-10-19-8-3-2-4-9-19/h2-16H,17-18H2,1H3/b10-7+. The molecule has 0 fully saturated rings. The molecule has 2 aromatic carbocycles. The van der Waals surface area contributed by atoms with E-state index in [0.29, 0.717) is 18.7 Å². The topological polar surface area (TPSA) is 51.0 Å². The molecule has 29 heavy (non-hydrogen) atoms. The van der Waals surface area contributed by atoms with Crippen LogP contribution in [0.25, 0.3) is 17.1 Å². The molecule has 0 aliphatic carbocycles. The first-order valence-corrected chi connectivity index (χ1v) is 9.53. The highest BCUT2D eigenvalue weighted by Gasteiger charge is 2.16. The van der Waals surface area contributed by atoms with Crippen LogP contribution in [0.5, 0.6) is 0 Å². The largest absolute Gasteiger partial charge is 0.334 e. The monoisotopic (exact) mass is 382 g/mol. The Morgan fingerprint density at radius 1 is 1.00 bits per heavy atom. The molecule has 0 atom stereocenters. The second kappa shape index (κ2) is 8.52. The Morgan fingerprint density at radius 3 is 2.52 bits per heavy atom. The number of nitrogens with zero attached hydrogens (tertiary/aromatic N) is 4. The number of rotatable bonds is 6. The number of para-hydroxylation sites is 2. The van der Waals surface area contributed by atoms with Gasteiger partial charge >= 0.3 is 0 Å². The van der Waals surface area contributed by atoms with Gasteiger partial charge in [0.05, 0.1) is 17.6 Å². The number of hydrogen-bond acceptors (Lipinski definition) is 3. The average molecular weight is 382 g/mol. The van der Waals surface area contributed by atoms with Gasteiger partial charge in [0.1, 0.15) is 5.82 Å². The normalized spacial score (nSPS) is 11.2. The van der Waals surface area contributed by atoms with Crippen LogP contribution in [0, 0.1) is 0 Å². The lowest BCUT2D eigenvalue weighted by Crippen LogP contribution is -2.27.